The predicted molar refractivity (Wildman–Crippen MR) is 40.5 cm³/mol. The van der Waals surface area contributed by atoms with Crippen molar-refractivity contribution in [3.05, 3.63) is 29.8 Å². The second-order valence-electron chi connectivity index (χ2n) is 1.70. The Kier molecular flexibility index (Phi) is 5.53. The van der Waals surface area contributed by atoms with Crippen LogP contribution in [0.15, 0.2) is 24.3 Å². The Morgan fingerprint density at radius 2 is 1.90 bits per heavy atom. The summed E-state index contributed by atoms with van der Waals surface area (Å²) in [7, 11) is 0. The zero-order valence-corrected chi connectivity index (χ0v) is 9.20. The van der Waals surface area contributed by atoms with Gasteiger partial charge in [0.15, 0.2) is 0 Å². The molecule has 0 fully saturated rings. The molecule has 0 aliphatic heterocycles. The number of rotatable bonds is 1. The van der Waals surface area contributed by atoms with Gasteiger partial charge in [-0.25, -0.2) is 0 Å². The topological polar surface area (TPSA) is 20.2 Å². The van der Waals surface area contributed by atoms with Gasteiger partial charge < -0.3 is 0 Å². The van der Waals surface area contributed by atoms with Crippen molar-refractivity contribution in [3.8, 4) is 5.75 Å². The van der Waals surface area contributed by atoms with Crippen LogP contribution in [0.2, 0.25) is 0 Å². The summed E-state index contributed by atoms with van der Waals surface area (Å²) in [5, 5.41) is 9.10. The minimum absolute atomic E-state index is 0. The molecule has 1 aromatic rings. The van der Waals surface area contributed by atoms with Gasteiger partial charge in [0.05, 0.1) is 0 Å². The molecule has 0 heterocycles. The first kappa shape index (κ1) is 10.6. The van der Waals surface area contributed by atoms with Crippen molar-refractivity contribution < 1.29 is 44.2 Å². The average molecular weight is 283 g/mol. The predicted octanol–water partition coefficient (Wildman–Crippen LogP) is 1.51. The SMILES string of the molecule is Cl.Oc1ccccc1[CH]=[Ce]. The van der Waals surface area contributed by atoms with E-state index < -0.39 is 0 Å². The Bertz CT molecular complexity index is 225. The molecule has 0 atom stereocenters. The zero-order valence-electron chi connectivity index (χ0n) is 5.24. The number of hydrogen-bond donors (Lipinski definition) is 1. The first-order chi connectivity index (χ1) is 4.34. The summed E-state index contributed by atoms with van der Waals surface area (Å²) >= 11 is 0.990. The summed E-state index contributed by atoms with van der Waals surface area (Å²) in [6.45, 7) is 0. The molecule has 0 aliphatic carbocycles. The molecule has 0 bridgehead atoms. The normalized spacial score (nSPS) is 7.90. The summed E-state index contributed by atoms with van der Waals surface area (Å²) in [6, 6.07) is 7.35. The van der Waals surface area contributed by atoms with E-state index >= 15 is 0 Å². The average Bonchev–Trinajstić information content (AvgIpc) is 1.89. The van der Waals surface area contributed by atoms with E-state index in [1.807, 2.05) is 19.7 Å². The Morgan fingerprint density at radius 1 is 1.30 bits per heavy atom. The molecule has 1 aromatic carbocycles. The Hall–Kier alpha value is 0.557. The van der Waals surface area contributed by atoms with Gasteiger partial charge in [0.1, 0.15) is 0 Å². The molecule has 52 valence electrons. The van der Waals surface area contributed by atoms with Crippen LogP contribution in [0, 0.1) is 39.1 Å². The maximum atomic E-state index is 9.10. The summed E-state index contributed by atoms with van der Waals surface area (Å²) in [4.78, 5) is 0. The van der Waals surface area contributed by atoms with Crippen LogP contribution in [0.5, 0.6) is 5.75 Å². The summed E-state index contributed by atoms with van der Waals surface area (Å²) in [5.74, 6) is 0.382. The molecule has 1 N–H and O–H groups in total. The van der Waals surface area contributed by atoms with E-state index in [1.54, 1.807) is 6.07 Å². The third-order valence-corrected chi connectivity index (χ3v) is 2.07. The van der Waals surface area contributed by atoms with E-state index in [0.717, 1.165) is 44.7 Å². The number of benzene rings is 1. The number of para-hydroxylation sites is 1. The van der Waals surface area contributed by atoms with E-state index in [1.165, 1.54) is 0 Å². The number of halogens is 1. The van der Waals surface area contributed by atoms with Crippen molar-refractivity contribution in [1.82, 2.24) is 0 Å². The maximum absolute atomic E-state index is 9.10. The first-order valence-corrected chi connectivity index (χ1v) is 4.44. The number of aromatic hydroxyl groups is 1. The molecule has 0 amide bonds. The fourth-order valence-corrected chi connectivity index (χ4v) is 1.38. The molecule has 3 heteroatoms. The molecule has 10 heavy (non-hydrogen) atoms. The third kappa shape index (κ3) is 2.66. The van der Waals surface area contributed by atoms with Gasteiger partial charge >= 0.3 is 81.3 Å². The molecular weight excluding hydrogens is 276 g/mol. The first-order valence-electron chi connectivity index (χ1n) is 2.63. The molecular formula is C7H7CeClO. The van der Waals surface area contributed by atoms with Crippen LogP contribution >= 0.6 is 12.4 Å². The monoisotopic (exact) mass is 282 g/mol. The fourth-order valence-electron chi connectivity index (χ4n) is 0.610. The summed E-state index contributed by atoms with van der Waals surface area (Å²) in [5.41, 5.74) is 0.948. The van der Waals surface area contributed by atoms with Gasteiger partial charge in [0, 0.05) is 0 Å². The van der Waals surface area contributed by atoms with Crippen LogP contribution in [0.25, 0.3) is 0 Å². The van der Waals surface area contributed by atoms with Crippen LogP contribution < -0.4 is 0 Å². The summed E-state index contributed by atoms with van der Waals surface area (Å²) < 4.78 is 2.01. The van der Waals surface area contributed by atoms with Crippen LogP contribution in [0.1, 0.15) is 5.56 Å². The van der Waals surface area contributed by atoms with Crippen molar-refractivity contribution in [1.29, 1.82) is 0 Å². The van der Waals surface area contributed by atoms with E-state index in [2.05, 4.69) is 0 Å². The van der Waals surface area contributed by atoms with Crippen molar-refractivity contribution in [2.24, 2.45) is 0 Å². The van der Waals surface area contributed by atoms with Crippen LogP contribution in [-0.4, -0.2) is 6.61 Å². The third-order valence-electron chi connectivity index (χ3n) is 1.09. The van der Waals surface area contributed by atoms with Crippen LogP contribution in [-0.2, 0) is 0 Å². The molecule has 1 nitrogen and oxygen atoms in total. The Balaban J connectivity index is 0.000000810. The Morgan fingerprint density at radius 3 is 2.30 bits per heavy atom. The van der Waals surface area contributed by atoms with Gasteiger partial charge in [-0.2, -0.15) is 0 Å². The molecule has 0 saturated carbocycles. The van der Waals surface area contributed by atoms with E-state index in [-0.39, 0.29) is 12.4 Å². The Labute approximate surface area is 92.6 Å². The fraction of sp³-hybridized carbons (Fsp3) is 0. The minimum atomic E-state index is 0. The zero-order chi connectivity index (χ0) is 6.69. The molecule has 0 radical (unpaired) electrons. The van der Waals surface area contributed by atoms with Gasteiger partial charge in [-0.05, 0) is 0 Å². The van der Waals surface area contributed by atoms with Crippen molar-refractivity contribution in [2.45, 2.75) is 0 Å². The van der Waals surface area contributed by atoms with E-state index in [4.69, 9.17) is 5.11 Å². The van der Waals surface area contributed by atoms with Crippen molar-refractivity contribution in [3.63, 3.8) is 0 Å². The molecule has 1 rings (SSSR count). The van der Waals surface area contributed by atoms with Gasteiger partial charge in [-0.15, -0.1) is 12.4 Å². The van der Waals surface area contributed by atoms with Gasteiger partial charge in [0.2, 0.25) is 0 Å². The molecule has 0 aromatic heterocycles. The quantitative estimate of drug-likeness (QED) is 0.828. The summed E-state index contributed by atoms with van der Waals surface area (Å²) in [6.07, 6.45) is 0. The number of hydrogen-bond acceptors (Lipinski definition) is 1. The van der Waals surface area contributed by atoms with Crippen LogP contribution in [0.3, 0.4) is 0 Å². The molecule has 0 unspecified atom stereocenters. The number of phenols is 1. The van der Waals surface area contributed by atoms with Gasteiger partial charge in [-0.1, -0.05) is 0 Å². The second-order valence-corrected chi connectivity index (χ2v) is 2.61. The second kappa shape index (κ2) is 5.24. The van der Waals surface area contributed by atoms with Gasteiger partial charge in [-0.3, -0.25) is 0 Å². The van der Waals surface area contributed by atoms with E-state index in [9.17, 15) is 0 Å². The molecule has 0 saturated heterocycles. The van der Waals surface area contributed by atoms with Crippen LogP contribution in [0.4, 0.5) is 0 Å². The van der Waals surface area contributed by atoms with Crippen molar-refractivity contribution >= 4 is 13.9 Å². The number of phenolic OH excluding ortho intramolecular Hbond substituents is 1. The standard InChI is InChI=1S/C7H6O.Ce.ClH/c1-6-4-2-3-5-7(6)8;;/h1-5,8H;;1H. The molecule has 0 aliphatic rings. The van der Waals surface area contributed by atoms with E-state index in [0.29, 0.717) is 5.75 Å². The van der Waals surface area contributed by atoms with Crippen molar-refractivity contribution in [2.75, 3.05) is 0 Å². The van der Waals surface area contributed by atoms with Gasteiger partial charge in [0.25, 0.3) is 0 Å². The molecule has 0 spiro atoms.